The van der Waals surface area contributed by atoms with Crippen LogP contribution in [0.25, 0.3) is 0 Å². The van der Waals surface area contributed by atoms with Crippen LogP contribution in [0, 0.1) is 0 Å². The Morgan fingerprint density at radius 2 is 2.17 bits per heavy atom. The standard InChI is InChI=1S/C8H7N2O2/c11-6-8-4-2-1-3-7(8)5-9-10-12/h1-4H,5H2,(H,9,12). The fourth-order valence-electron chi connectivity index (χ4n) is 0.866. The minimum Gasteiger partial charge on any atom is -0.395 e. The van der Waals surface area contributed by atoms with Gasteiger partial charge in [0.25, 0.3) is 0 Å². The molecule has 1 rings (SSSR count). The molecule has 61 valence electrons. The minimum absolute atomic E-state index is 0.196. The van der Waals surface area contributed by atoms with Crippen LogP contribution in [0.4, 0.5) is 0 Å². The van der Waals surface area contributed by atoms with Gasteiger partial charge >= 0.3 is 0 Å². The third-order valence-corrected chi connectivity index (χ3v) is 1.43. The van der Waals surface area contributed by atoms with Crippen LogP contribution in [-0.4, -0.2) is 11.5 Å². The Kier molecular flexibility index (Phi) is 2.95. The Hall–Kier alpha value is -1.71. The van der Waals surface area contributed by atoms with Crippen molar-refractivity contribution in [2.45, 2.75) is 6.54 Å². The molecule has 0 atom stereocenters. The van der Waals surface area contributed by atoms with Gasteiger partial charge in [0.1, 0.15) is 0 Å². The van der Waals surface area contributed by atoms with Gasteiger partial charge in [0.15, 0.2) is 0 Å². The van der Waals surface area contributed by atoms with Gasteiger partial charge in [-0.25, -0.2) is 0 Å². The lowest BCUT2D eigenvalue weighted by Gasteiger charge is -1.96. The molecule has 0 fully saturated rings. The molecule has 0 bridgehead atoms. The van der Waals surface area contributed by atoms with Crippen molar-refractivity contribution >= 4 is 6.29 Å². The van der Waals surface area contributed by atoms with E-state index in [1.54, 1.807) is 30.6 Å². The van der Waals surface area contributed by atoms with Gasteiger partial charge in [0, 0.05) is 10.8 Å². The SMILES string of the molecule is O=[C]c1ccccc1CN=NO. The fourth-order valence-corrected chi connectivity index (χ4v) is 0.866. The highest BCUT2D eigenvalue weighted by molar-refractivity contribution is 5.77. The molecule has 12 heavy (non-hydrogen) atoms. The van der Waals surface area contributed by atoms with Crippen molar-refractivity contribution < 1.29 is 10.0 Å². The van der Waals surface area contributed by atoms with Crippen LogP contribution in [0.15, 0.2) is 34.7 Å². The van der Waals surface area contributed by atoms with Crippen LogP contribution in [0.2, 0.25) is 0 Å². The summed E-state index contributed by atoms with van der Waals surface area (Å²) in [6.45, 7) is 0.196. The van der Waals surface area contributed by atoms with Crippen molar-refractivity contribution in [2.75, 3.05) is 0 Å². The topological polar surface area (TPSA) is 62.0 Å². The maximum atomic E-state index is 10.3. The molecule has 1 aromatic rings. The first kappa shape index (κ1) is 8.39. The molecule has 0 saturated carbocycles. The van der Waals surface area contributed by atoms with Crippen molar-refractivity contribution in [3.63, 3.8) is 0 Å². The van der Waals surface area contributed by atoms with Crippen LogP contribution >= 0.6 is 0 Å². The molecule has 0 unspecified atom stereocenters. The average Bonchev–Trinajstić information content (AvgIpc) is 2.15. The van der Waals surface area contributed by atoms with E-state index in [0.717, 1.165) is 0 Å². The summed E-state index contributed by atoms with van der Waals surface area (Å²) in [6, 6.07) is 6.88. The molecule has 0 amide bonds. The molecule has 4 heteroatoms. The number of rotatable bonds is 3. The lowest BCUT2D eigenvalue weighted by atomic mass is 10.1. The van der Waals surface area contributed by atoms with Gasteiger partial charge in [-0.05, 0) is 5.56 Å². The summed E-state index contributed by atoms with van der Waals surface area (Å²) < 4.78 is 0. The predicted molar refractivity (Wildman–Crippen MR) is 41.6 cm³/mol. The predicted octanol–water partition coefficient (Wildman–Crippen LogP) is 1.49. The average molecular weight is 163 g/mol. The van der Waals surface area contributed by atoms with E-state index < -0.39 is 0 Å². The second-order valence-corrected chi connectivity index (χ2v) is 2.15. The van der Waals surface area contributed by atoms with E-state index in [0.29, 0.717) is 11.1 Å². The molecule has 0 heterocycles. The third kappa shape index (κ3) is 1.88. The lowest BCUT2D eigenvalue weighted by Crippen LogP contribution is -1.89. The Morgan fingerprint density at radius 3 is 2.83 bits per heavy atom. The third-order valence-electron chi connectivity index (χ3n) is 1.43. The number of hydrogen-bond acceptors (Lipinski definition) is 3. The van der Waals surface area contributed by atoms with Gasteiger partial charge in [0.05, 0.1) is 6.54 Å². The normalized spacial score (nSPS) is 10.3. The molecular weight excluding hydrogens is 156 g/mol. The van der Waals surface area contributed by atoms with Crippen molar-refractivity contribution in [1.82, 2.24) is 0 Å². The highest BCUT2D eigenvalue weighted by Crippen LogP contribution is 2.06. The molecule has 1 aromatic carbocycles. The van der Waals surface area contributed by atoms with Gasteiger partial charge in [-0.15, -0.1) is 5.11 Å². The van der Waals surface area contributed by atoms with E-state index in [9.17, 15) is 4.79 Å². The zero-order valence-electron chi connectivity index (χ0n) is 6.27. The lowest BCUT2D eigenvalue weighted by molar-refractivity contribution is 0.280. The molecule has 0 aliphatic heterocycles. The van der Waals surface area contributed by atoms with E-state index in [1.165, 1.54) is 0 Å². The maximum Gasteiger partial charge on any atom is 0.233 e. The summed E-state index contributed by atoms with van der Waals surface area (Å²) in [4.78, 5) is 10.3. The van der Waals surface area contributed by atoms with E-state index in [-0.39, 0.29) is 6.54 Å². The summed E-state index contributed by atoms with van der Waals surface area (Å²) >= 11 is 0. The van der Waals surface area contributed by atoms with Crippen molar-refractivity contribution in [1.29, 1.82) is 0 Å². The molecule has 0 aromatic heterocycles. The zero-order chi connectivity index (χ0) is 8.81. The molecule has 0 spiro atoms. The monoisotopic (exact) mass is 163 g/mol. The molecule has 0 aliphatic rings. The Bertz CT molecular complexity index is 297. The van der Waals surface area contributed by atoms with E-state index in [2.05, 4.69) is 10.4 Å². The van der Waals surface area contributed by atoms with Crippen LogP contribution in [0.3, 0.4) is 0 Å². The molecule has 0 saturated heterocycles. The van der Waals surface area contributed by atoms with Gasteiger partial charge < -0.3 is 5.21 Å². The molecular formula is C8H7N2O2. The summed E-state index contributed by atoms with van der Waals surface area (Å²) in [6.07, 6.45) is 1.77. The second kappa shape index (κ2) is 4.23. The molecule has 4 nitrogen and oxygen atoms in total. The smallest absolute Gasteiger partial charge is 0.233 e. The Labute approximate surface area is 69.5 Å². The van der Waals surface area contributed by atoms with E-state index in [4.69, 9.17) is 5.21 Å². The molecule has 0 aliphatic carbocycles. The van der Waals surface area contributed by atoms with Gasteiger partial charge in [-0.3, -0.25) is 4.79 Å². The van der Waals surface area contributed by atoms with Crippen LogP contribution < -0.4 is 0 Å². The first-order chi connectivity index (χ1) is 5.88. The van der Waals surface area contributed by atoms with Gasteiger partial charge in [-0.2, -0.15) is 0 Å². The van der Waals surface area contributed by atoms with Gasteiger partial charge in [0.2, 0.25) is 6.29 Å². The van der Waals surface area contributed by atoms with Gasteiger partial charge in [-0.1, -0.05) is 24.3 Å². The zero-order valence-corrected chi connectivity index (χ0v) is 6.27. The summed E-state index contributed by atoms with van der Waals surface area (Å²) in [5.41, 5.74) is 1.15. The number of hydrogen-bond donors (Lipinski definition) is 1. The minimum atomic E-state index is 0.196. The maximum absolute atomic E-state index is 10.3. The summed E-state index contributed by atoms with van der Waals surface area (Å²) in [5.74, 6) is 0. The van der Waals surface area contributed by atoms with Crippen molar-refractivity contribution in [2.24, 2.45) is 10.4 Å². The van der Waals surface area contributed by atoms with E-state index in [1.807, 2.05) is 0 Å². The van der Waals surface area contributed by atoms with Crippen LogP contribution in [0.5, 0.6) is 0 Å². The quantitative estimate of drug-likeness (QED) is 0.542. The highest BCUT2D eigenvalue weighted by Gasteiger charge is 1.98. The summed E-state index contributed by atoms with van der Waals surface area (Å²) in [7, 11) is 0. The Morgan fingerprint density at radius 1 is 1.42 bits per heavy atom. The second-order valence-electron chi connectivity index (χ2n) is 2.15. The molecule has 1 radical (unpaired) electrons. The van der Waals surface area contributed by atoms with E-state index >= 15 is 0 Å². The number of nitrogens with zero attached hydrogens (tertiary/aromatic N) is 2. The largest absolute Gasteiger partial charge is 0.395 e. The first-order valence-electron chi connectivity index (χ1n) is 3.35. The van der Waals surface area contributed by atoms with Crippen molar-refractivity contribution in [3.8, 4) is 0 Å². The number of benzene rings is 1. The highest BCUT2D eigenvalue weighted by atomic mass is 16.5. The number of carbonyl (C=O) groups excluding carboxylic acids is 1. The fraction of sp³-hybridized carbons (Fsp3) is 0.125. The first-order valence-corrected chi connectivity index (χ1v) is 3.35. The van der Waals surface area contributed by atoms with Crippen LogP contribution in [0.1, 0.15) is 11.1 Å². The van der Waals surface area contributed by atoms with Crippen LogP contribution in [-0.2, 0) is 11.3 Å². The molecule has 1 N–H and O–H groups in total. The van der Waals surface area contributed by atoms with Crippen molar-refractivity contribution in [3.05, 3.63) is 35.4 Å². The Balaban J connectivity index is 2.89. The summed E-state index contributed by atoms with van der Waals surface area (Å²) in [5, 5.41) is 14.0.